The normalized spacial score (nSPS) is 10.4. The molecule has 5 nitrogen and oxygen atoms in total. The topological polar surface area (TPSA) is 67.8 Å². The fourth-order valence-corrected chi connectivity index (χ4v) is 2.90. The molecular formula is C22H19ClFNO4. The van der Waals surface area contributed by atoms with Gasteiger partial charge in [-0.2, -0.15) is 0 Å². The summed E-state index contributed by atoms with van der Waals surface area (Å²) in [6.45, 7) is 0.708. The lowest BCUT2D eigenvalue weighted by atomic mass is 10.1. The molecule has 0 spiro atoms. The molecular weight excluding hydrogens is 397 g/mol. The third kappa shape index (κ3) is 5.39. The van der Waals surface area contributed by atoms with Crippen molar-refractivity contribution in [2.45, 2.75) is 13.2 Å². The summed E-state index contributed by atoms with van der Waals surface area (Å²) in [6.07, 6.45) is 0. The van der Waals surface area contributed by atoms with Crippen LogP contribution in [0.15, 0.2) is 60.7 Å². The van der Waals surface area contributed by atoms with Gasteiger partial charge in [0.25, 0.3) is 0 Å². The van der Waals surface area contributed by atoms with Crippen molar-refractivity contribution in [2.75, 3.05) is 12.4 Å². The Morgan fingerprint density at radius 3 is 2.52 bits per heavy atom. The number of rotatable bonds is 8. The van der Waals surface area contributed by atoms with Gasteiger partial charge in [-0.3, -0.25) is 0 Å². The maximum Gasteiger partial charge on any atom is 0.335 e. The largest absolute Gasteiger partial charge is 0.495 e. The van der Waals surface area contributed by atoms with Gasteiger partial charge in [-0.15, -0.1) is 0 Å². The first-order chi connectivity index (χ1) is 14.0. The molecule has 0 aromatic heterocycles. The van der Waals surface area contributed by atoms with Crippen LogP contribution < -0.4 is 14.8 Å². The summed E-state index contributed by atoms with van der Waals surface area (Å²) in [6, 6.07) is 16.2. The van der Waals surface area contributed by atoms with Crippen molar-refractivity contribution < 1.29 is 23.8 Å². The minimum absolute atomic E-state index is 0.177. The van der Waals surface area contributed by atoms with E-state index >= 15 is 0 Å². The predicted octanol–water partition coefficient (Wildman–Crippen LogP) is 5.38. The zero-order chi connectivity index (χ0) is 20.8. The Hall–Kier alpha value is -3.25. The minimum Gasteiger partial charge on any atom is -0.495 e. The van der Waals surface area contributed by atoms with Crippen LogP contribution in [0.2, 0.25) is 5.02 Å². The number of methoxy groups -OCH3 is 1. The molecule has 7 heteroatoms. The first-order valence-corrected chi connectivity index (χ1v) is 9.15. The average molecular weight is 416 g/mol. The Kier molecular flexibility index (Phi) is 6.57. The highest BCUT2D eigenvalue weighted by atomic mass is 35.5. The van der Waals surface area contributed by atoms with E-state index in [4.69, 9.17) is 26.2 Å². The Labute approximate surface area is 172 Å². The molecule has 0 saturated carbocycles. The van der Waals surface area contributed by atoms with Gasteiger partial charge in [0.1, 0.15) is 23.9 Å². The van der Waals surface area contributed by atoms with Crippen molar-refractivity contribution in [2.24, 2.45) is 0 Å². The van der Waals surface area contributed by atoms with E-state index in [-0.39, 0.29) is 18.0 Å². The highest BCUT2D eigenvalue weighted by Crippen LogP contribution is 2.26. The molecule has 0 aliphatic rings. The fraction of sp³-hybridized carbons (Fsp3) is 0.136. The van der Waals surface area contributed by atoms with Crippen LogP contribution in [-0.2, 0) is 13.2 Å². The molecule has 0 radical (unpaired) electrons. The summed E-state index contributed by atoms with van der Waals surface area (Å²) in [5.74, 6) is -0.176. The molecule has 0 amide bonds. The van der Waals surface area contributed by atoms with Gasteiger partial charge >= 0.3 is 5.97 Å². The Balaban J connectivity index is 1.61. The number of carbonyl (C=O) groups is 1. The zero-order valence-electron chi connectivity index (χ0n) is 15.6. The lowest BCUT2D eigenvalue weighted by molar-refractivity contribution is 0.0697. The number of carboxylic acids is 1. The van der Waals surface area contributed by atoms with E-state index < -0.39 is 5.97 Å². The molecule has 0 heterocycles. The van der Waals surface area contributed by atoms with Crippen molar-refractivity contribution in [3.05, 3.63) is 88.2 Å². The van der Waals surface area contributed by atoms with Crippen LogP contribution in [0.5, 0.6) is 11.5 Å². The molecule has 0 atom stereocenters. The maximum absolute atomic E-state index is 13.1. The summed E-state index contributed by atoms with van der Waals surface area (Å²) >= 11 is 6.00. The number of aromatic carboxylic acids is 1. The third-order valence-corrected chi connectivity index (χ3v) is 4.61. The summed E-state index contributed by atoms with van der Waals surface area (Å²) in [5.41, 5.74) is 2.44. The SMILES string of the molecule is COc1ccc(C(=O)O)cc1NCc1ccc(OCc2ccc(F)cc2Cl)cc1. The summed E-state index contributed by atoms with van der Waals surface area (Å²) in [5, 5.41) is 12.6. The molecule has 0 aliphatic carbocycles. The predicted molar refractivity (Wildman–Crippen MR) is 109 cm³/mol. The van der Waals surface area contributed by atoms with E-state index in [0.717, 1.165) is 5.56 Å². The molecule has 0 fully saturated rings. The summed E-state index contributed by atoms with van der Waals surface area (Å²) in [7, 11) is 1.53. The second kappa shape index (κ2) is 9.30. The number of hydrogen-bond acceptors (Lipinski definition) is 4. The summed E-state index contributed by atoms with van der Waals surface area (Å²) < 4.78 is 24.1. The van der Waals surface area contributed by atoms with Crippen molar-refractivity contribution in [1.82, 2.24) is 0 Å². The van der Waals surface area contributed by atoms with Crippen molar-refractivity contribution >= 4 is 23.3 Å². The summed E-state index contributed by atoms with van der Waals surface area (Å²) in [4.78, 5) is 11.2. The van der Waals surface area contributed by atoms with Gasteiger partial charge in [-0.05, 0) is 48.0 Å². The highest BCUT2D eigenvalue weighted by molar-refractivity contribution is 6.31. The Bertz CT molecular complexity index is 1010. The number of halogens is 2. The van der Waals surface area contributed by atoms with Gasteiger partial charge in [0.15, 0.2) is 0 Å². The van der Waals surface area contributed by atoms with Crippen LogP contribution in [0.25, 0.3) is 0 Å². The molecule has 150 valence electrons. The van der Waals surface area contributed by atoms with Crippen LogP contribution in [0, 0.1) is 5.82 Å². The van der Waals surface area contributed by atoms with E-state index in [9.17, 15) is 9.18 Å². The van der Waals surface area contributed by atoms with Crippen LogP contribution >= 0.6 is 11.6 Å². The minimum atomic E-state index is -1.00. The molecule has 2 N–H and O–H groups in total. The molecule has 3 aromatic rings. The van der Waals surface area contributed by atoms with Gasteiger partial charge in [0, 0.05) is 12.1 Å². The van der Waals surface area contributed by atoms with Crippen molar-refractivity contribution in [3.8, 4) is 11.5 Å². The smallest absolute Gasteiger partial charge is 0.335 e. The maximum atomic E-state index is 13.1. The highest BCUT2D eigenvalue weighted by Gasteiger charge is 2.09. The van der Waals surface area contributed by atoms with E-state index in [0.29, 0.717) is 34.3 Å². The van der Waals surface area contributed by atoms with E-state index in [1.165, 1.54) is 31.4 Å². The number of carboxylic acid groups (broad SMARTS) is 1. The van der Waals surface area contributed by atoms with Gasteiger partial charge in [0.2, 0.25) is 0 Å². The van der Waals surface area contributed by atoms with E-state index in [2.05, 4.69) is 5.32 Å². The lowest BCUT2D eigenvalue weighted by Crippen LogP contribution is -2.04. The molecule has 29 heavy (non-hydrogen) atoms. The molecule has 0 unspecified atom stereocenters. The fourth-order valence-electron chi connectivity index (χ4n) is 2.68. The zero-order valence-corrected chi connectivity index (χ0v) is 16.4. The monoisotopic (exact) mass is 415 g/mol. The molecule has 0 bridgehead atoms. The van der Waals surface area contributed by atoms with E-state index in [1.54, 1.807) is 12.1 Å². The second-order valence-electron chi connectivity index (χ2n) is 6.24. The number of anilines is 1. The molecule has 3 aromatic carbocycles. The molecule has 0 aliphatic heterocycles. The molecule has 0 saturated heterocycles. The Morgan fingerprint density at radius 1 is 1.10 bits per heavy atom. The average Bonchev–Trinajstić information content (AvgIpc) is 2.72. The van der Waals surface area contributed by atoms with Crippen LogP contribution in [0.3, 0.4) is 0 Å². The van der Waals surface area contributed by atoms with E-state index in [1.807, 2.05) is 24.3 Å². The quantitative estimate of drug-likeness (QED) is 0.517. The van der Waals surface area contributed by atoms with Gasteiger partial charge in [0.05, 0.1) is 23.4 Å². The third-order valence-electron chi connectivity index (χ3n) is 4.26. The Morgan fingerprint density at radius 2 is 1.86 bits per heavy atom. The molecule has 3 rings (SSSR count). The van der Waals surface area contributed by atoms with Crippen molar-refractivity contribution in [3.63, 3.8) is 0 Å². The van der Waals surface area contributed by atoms with Gasteiger partial charge in [-0.25, -0.2) is 9.18 Å². The lowest BCUT2D eigenvalue weighted by Gasteiger charge is -2.13. The van der Waals surface area contributed by atoms with Gasteiger partial charge in [-0.1, -0.05) is 29.8 Å². The second-order valence-corrected chi connectivity index (χ2v) is 6.65. The van der Waals surface area contributed by atoms with Crippen molar-refractivity contribution in [1.29, 1.82) is 0 Å². The van der Waals surface area contributed by atoms with Crippen LogP contribution in [0.4, 0.5) is 10.1 Å². The number of hydrogen-bond donors (Lipinski definition) is 2. The first-order valence-electron chi connectivity index (χ1n) is 8.77. The van der Waals surface area contributed by atoms with Gasteiger partial charge < -0.3 is 19.9 Å². The number of benzene rings is 3. The number of ether oxygens (including phenoxy) is 2. The number of nitrogens with one attached hydrogen (secondary N) is 1. The van der Waals surface area contributed by atoms with Crippen LogP contribution in [-0.4, -0.2) is 18.2 Å². The first kappa shape index (κ1) is 20.5. The standard InChI is InChI=1S/C22H19ClFNO4/c1-28-21-9-5-15(22(26)27)10-20(21)25-12-14-2-7-18(8-3-14)29-13-16-4-6-17(24)11-19(16)23/h2-11,25H,12-13H2,1H3,(H,26,27). The van der Waals surface area contributed by atoms with Crippen LogP contribution in [0.1, 0.15) is 21.5 Å².